The largest absolute Gasteiger partial charge is 0.497 e. The van der Waals surface area contributed by atoms with Gasteiger partial charge in [-0.15, -0.1) is 0 Å². The minimum Gasteiger partial charge on any atom is -0.497 e. The molecule has 6 nitrogen and oxygen atoms in total. The van der Waals surface area contributed by atoms with Crippen LogP contribution in [0.2, 0.25) is 0 Å². The predicted molar refractivity (Wildman–Crippen MR) is 98.7 cm³/mol. The van der Waals surface area contributed by atoms with Crippen molar-refractivity contribution in [3.63, 3.8) is 0 Å². The van der Waals surface area contributed by atoms with Crippen LogP contribution in [0.1, 0.15) is 39.2 Å². The number of rotatable bonds is 7. The number of hydrogen-bond donors (Lipinski definition) is 2. The van der Waals surface area contributed by atoms with Gasteiger partial charge in [-0.05, 0) is 55.9 Å². The molecule has 1 aliphatic rings. The quantitative estimate of drug-likeness (QED) is 0.788. The minimum atomic E-state index is -0.887. The molecule has 2 amide bonds. The summed E-state index contributed by atoms with van der Waals surface area (Å²) in [7, 11) is 1.64. The third-order valence-corrected chi connectivity index (χ3v) is 4.70. The lowest BCUT2D eigenvalue weighted by atomic mass is 9.90. The van der Waals surface area contributed by atoms with Gasteiger partial charge in [0.15, 0.2) is 0 Å². The number of nitrogens with zero attached hydrogens (tertiary/aromatic N) is 1. The highest BCUT2D eigenvalue weighted by Gasteiger charge is 2.33. The molecule has 3 N–H and O–H groups in total. The molecule has 138 valence electrons. The van der Waals surface area contributed by atoms with E-state index in [0.29, 0.717) is 18.9 Å². The van der Waals surface area contributed by atoms with Gasteiger partial charge in [0.2, 0.25) is 11.8 Å². The standard InChI is InChI=1S/C19H29N3O3/c1-13(2)11-19(3,18(20)24)21-12-17(23)22-9-5-6-14-10-15(25-4)7-8-16(14)22/h7-8,10,13,21H,5-6,9,11-12H2,1-4H3,(H2,20,24)/t19-/m1/s1. The van der Waals surface area contributed by atoms with Crippen LogP contribution in [0.3, 0.4) is 0 Å². The van der Waals surface area contributed by atoms with Crippen LogP contribution in [0, 0.1) is 5.92 Å². The van der Waals surface area contributed by atoms with Crippen molar-refractivity contribution in [2.45, 2.75) is 45.6 Å². The van der Waals surface area contributed by atoms with E-state index >= 15 is 0 Å². The molecule has 0 aliphatic carbocycles. The SMILES string of the molecule is COc1ccc2c(c1)CCCN2C(=O)CN[C@](C)(CC(C)C)C(N)=O. The summed E-state index contributed by atoms with van der Waals surface area (Å²) in [4.78, 5) is 26.4. The molecular weight excluding hydrogens is 318 g/mol. The summed E-state index contributed by atoms with van der Waals surface area (Å²) in [5.74, 6) is 0.604. The number of carbonyl (C=O) groups is 2. The van der Waals surface area contributed by atoms with Crippen molar-refractivity contribution >= 4 is 17.5 Å². The Kier molecular flexibility index (Phi) is 6.06. The first-order valence-electron chi connectivity index (χ1n) is 8.79. The zero-order valence-corrected chi connectivity index (χ0v) is 15.6. The van der Waals surface area contributed by atoms with E-state index in [1.54, 1.807) is 18.9 Å². The number of methoxy groups -OCH3 is 1. The summed E-state index contributed by atoms with van der Waals surface area (Å²) in [6.07, 6.45) is 2.42. The second-order valence-electron chi connectivity index (χ2n) is 7.29. The third kappa shape index (κ3) is 4.51. The second kappa shape index (κ2) is 7.87. The van der Waals surface area contributed by atoms with E-state index in [4.69, 9.17) is 10.5 Å². The Morgan fingerprint density at radius 3 is 2.72 bits per heavy atom. The molecule has 2 rings (SSSR count). The van der Waals surface area contributed by atoms with Crippen molar-refractivity contribution in [3.05, 3.63) is 23.8 Å². The first-order chi connectivity index (χ1) is 11.8. The van der Waals surface area contributed by atoms with Crippen LogP contribution in [0.4, 0.5) is 5.69 Å². The number of nitrogens with two attached hydrogens (primary N) is 1. The lowest BCUT2D eigenvalue weighted by Gasteiger charge is -2.33. The lowest BCUT2D eigenvalue weighted by Crippen LogP contribution is -2.56. The number of carbonyl (C=O) groups excluding carboxylic acids is 2. The molecule has 1 atom stereocenters. The topological polar surface area (TPSA) is 84.7 Å². The highest BCUT2D eigenvalue weighted by molar-refractivity contribution is 5.96. The van der Waals surface area contributed by atoms with Gasteiger partial charge in [0.25, 0.3) is 0 Å². The van der Waals surface area contributed by atoms with E-state index in [1.165, 1.54) is 0 Å². The van der Waals surface area contributed by atoms with Gasteiger partial charge in [0.05, 0.1) is 19.2 Å². The van der Waals surface area contributed by atoms with Crippen LogP contribution in [0.5, 0.6) is 5.75 Å². The number of primary amides is 1. The van der Waals surface area contributed by atoms with Crippen LogP contribution in [0.15, 0.2) is 18.2 Å². The van der Waals surface area contributed by atoms with E-state index in [9.17, 15) is 9.59 Å². The maximum absolute atomic E-state index is 12.8. The molecule has 25 heavy (non-hydrogen) atoms. The average Bonchev–Trinajstić information content (AvgIpc) is 2.57. The molecule has 0 aromatic heterocycles. The van der Waals surface area contributed by atoms with Crippen LogP contribution in [-0.4, -0.2) is 37.6 Å². The molecule has 0 bridgehead atoms. The summed E-state index contributed by atoms with van der Waals surface area (Å²) >= 11 is 0. The zero-order chi connectivity index (χ0) is 18.6. The van der Waals surface area contributed by atoms with E-state index in [2.05, 4.69) is 5.32 Å². The number of amides is 2. The predicted octanol–water partition coefficient (Wildman–Crippen LogP) is 1.85. The van der Waals surface area contributed by atoms with Gasteiger partial charge in [0, 0.05) is 12.2 Å². The Labute approximate surface area is 149 Å². The number of anilines is 1. The fraction of sp³-hybridized carbons (Fsp3) is 0.579. The molecule has 1 aromatic carbocycles. The van der Waals surface area contributed by atoms with Crippen molar-refractivity contribution in [3.8, 4) is 5.75 Å². The molecule has 6 heteroatoms. The molecule has 0 saturated carbocycles. The maximum Gasteiger partial charge on any atom is 0.240 e. The van der Waals surface area contributed by atoms with Gasteiger partial charge < -0.3 is 15.4 Å². The fourth-order valence-electron chi connectivity index (χ4n) is 3.40. The highest BCUT2D eigenvalue weighted by atomic mass is 16.5. The Bertz CT molecular complexity index is 645. The molecule has 1 aliphatic heterocycles. The second-order valence-corrected chi connectivity index (χ2v) is 7.29. The molecule has 1 heterocycles. The fourth-order valence-corrected chi connectivity index (χ4v) is 3.40. The maximum atomic E-state index is 12.8. The Morgan fingerprint density at radius 2 is 2.12 bits per heavy atom. The first-order valence-corrected chi connectivity index (χ1v) is 8.79. The van der Waals surface area contributed by atoms with Crippen molar-refractivity contribution in [1.29, 1.82) is 0 Å². The van der Waals surface area contributed by atoms with Crippen molar-refractivity contribution in [1.82, 2.24) is 5.32 Å². The first kappa shape index (κ1) is 19.2. The van der Waals surface area contributed by atoms with Crippen molar-refractivity contribution < 1.29 is 14.3 Å². The van der Waals surface area contributed by atoms with E-state index in [0.717, 1.165) is 29.8 Å². The number of benzene rings is 1. The van der Waals surface area contributed by atoms with Crippen molar-refractivity contribution in [2.75, 3.05) is 25.1 Å². The van der Waals surface area contributed by atoms with Crippen LogP contribution in [0.25, 0.3) is 0 Å². The summed E-state index contributed by atoms with van der Waals surface area (Å²) in [5, 5.41) is 3.09. The Hall–Kier alpha value is -2.08. The Morgan fingerprint density at radius 1 is 1.40 bits per heavy atom. The van der Waals surface area contributed by atoms with E-state index < -0.39 is 11.4 Å². The van der Waals surface area contributed by atoms with Gasteiger partial charge in [-0.1, -0.05) is 13.8 Å². The molecular formula is C19H29N3O3. The van der Waals surface area contributed by atoms with Crippen LogP contribution < -0.4 is 20.7 Å². The van der Waals surface area contributed by atoms with Crippen LogP contribution >= 0.6 is 0 Å². The number of hydrogen-bond acceptors (Lipinski definition) is 4. The summed E-state index contributed by atoms with van der Waals surface area (Å²) in [5.41, 5.74) is 6.70. The molecule has 0 unspecified atom stereocenters. The lowest BCUT2D eigenvalue weighted by molar-refractivity contribution is -0.125. The Balaban J connectivity index is 2.10. The third-order valence-electron chi connectivity index (χ3n) is 4.70. The van der Waals surface area contributed by atoms with Gasteiger partial charge in [-0.25, -0.2) is 0 Å². The molecule has 0 saturated heterocycles. The summed E-state index contributed by atoms with van der Waals surface area (Å²) in [6, 6.07) is 5.77. The molecule has 1 aromatic rings. The number of fused-ring (bicyclic) bond motifs is 1. The number of aryl methyl sites for hydroxylation is 1. The smallest absolute Gasteiger partial charge is 0.240 e. The number of ether oxygens (including phenoxy) is 1. The van der Waals surface area contributed by atoms with Gasteiger partial charge in [0.1, 0.15) is 5.75 Å². The zero-order valence-electron chi connectivity index (χ0n) is 15.6. The van der Waals surface area contributed by atoms with E-state index in [-0.39, 0.29) is 12.5 Å². The van der Waals surface area contributed by atoms with Crippen molar-refractivity contribution in [2.24, 2.45) is 11.7 Å². The van der Waals surface area contributed by atoms with E-state index in [1.807, 2.05) is 32.0 Å². The molecule has 0 spiro atoms. The molecule has 0 fully saturated rings. The average molecular weight is 347 g/mol. The van der Waals surface area contributed by atoms with Crippen LogP contribution in [-0.2, 0) is 16.0 Å². The minimum absolute atomic E-state index is 0.0534. The van der Waals surface area contributed by atoms with Gasteiger partial charge >= 0.3 is 0 Å². The normalized spacial score (nSPS) is 16.3. The van der Waals surface area contributed by atoms with Gasteiger partial charge in [-0.2, -0.15) is 0 Å². The summed E-state index contributed by atoms with van der Waals surface area (Å²) < 4.78 is 5.26. The van der Waals surface area contributed by atoms with Gasteiger partial charge in [-0.3, -0.25) is 14.9 Å². The highest BCUT2D eigenvalue weighted by Crippen LogP contribution is 2.30. The monoisotopic (exact) mass is 347 g/mol. The summed E-state index contributed by atoms with van der Waals surface area (Å²) in [6.45, 7) is 6.57. The molecule has 0 radical (unpaired) electrons. The number of nitrogens with one attached hydrogen (secondary N) is 1.